The molecule has 0 aliphatic rings. The van der Waals surface area contributed by atoms with Crippen molar-refractivity contribution in [3.05, 3.63) is 42.0 Å². The fourth-order valence-corrected chi connectivity index (χ4v) is 3.47. The largest absolute Gasteiger partial charge is 0.419 e. The molecule has 4 nitrogen and oxygen atoms in total. The molecule has 2 aromatic rings. The zero-order valence-corrected chi connectivity index (χ0v) is 16.8. The van der Waals surface area contributed by atoms with Gasteiger partial charge in [0, 0.05) is 17.0 Å². The van der Waals surface area contributed by atoms with E-state index in [4.69, 9.17) is 0 Å². The highest BCUT2D eigenvalue weighted by atomic mass is 31.2. The molecule has 0 bridgehead atoms. The van der Waals surface area contributed by atoms with Crippen molar-refractivity contribution in [3.63, 3.8) is 0 Å². The van der Waals surface area contributed by atoms with Crippen LogP contribution in [0.2, 0.25) is 0 Å². The van der Waals surface area contributed by atoms with Crippen molar-refractivity contribution in [2.75, 3.05) is 24.0 Å². The summed E-state index contributed by atoms with van der Waals surface area (Å²) < 4.78 is 52.0. The van der Waals surface area contributed by atoms with Crippen molar-refractivity contribution in [3.8, 4) is 0 Å². The van der Waals surface area contributed by atoms with Gasteiger partial charge >= 0.3 is 6.18 Å². The van der Waals surface area contributed by atoms with Crippen molar-refractivity contribution in [1.29, 1.82) is 0 Å². The Morgan fingerprint density at radius 3 is 2.11 bits per heavy atom. The van der Waals surface area contributed by atoms with Gasteiger partial charge < -0.3 is 15.2 Å². The van der Waals surface area contributed by atoms with Crippen LogP contribution in [0.4, 0.5) is 30.5 Å². The summed E-state index contributed by atoms with van der Waals surface area (Å²) in [4.78, 5) is 4.14. The summed E-state index contributed by atoms with van der Waals surface area (Å²) in [5, 5.41) is 6.64. The van der Waals surface area contributed by atoms with E-state index in [-0.39, 0.29) is 11.9 Å². The molecule has 27 heavy (non-hydrogen) atoms. The molecule has 0 radical (unpaired) electrons. The Labute approximate surface area is 158 Å². The van der Waals surface area contributed by atoms with E-state index in [1.165, 1.54) is 6.07 Å². The first-order valence-corrected chi connectivity index (χ1v) is 11.4. The highest BCUT2D eigenvalue weighted by molar-refractivity contribution is 7.70. The minimum atomic E-state index is -4.48. The molecule has 0 aliphatic heterocycles. The van der Waals surface area contributed by atoms with Gasteiger partial charge in [-0.3, -0.25) is 0 Å². The standard InChI is InChI=1S/C19H25F3N3OP/c1-5-13(6-2)24-18-16(19(20,21)22)11-12-17(25-18)23-14-7-9-15(10-8-14)27(3,4)26/h7-13H,5-6H2,1-4H3,(H2,23,24,25). The van der Waals surface area contributed by atoms with Crippen LogP contribution in [0.1, 0.15) is 32.3 Å². The molecule has 2 N–H and O–H groups in total. The number of aromatic nitrogens is 1. The molecule has 0 aliphatic carbocycles. The summed E-state index contributed by atoms with van der Waals surface area (Å²) in [6, 6.07) is 9.22. The molecular formula is C19H25F3N3OP. The zero-order chi connectivity index (χ0) is 20.2. The Kier molecular flexibility index (Phi) is 6.58. The Morgan fingerprint density at radius 2 is 1.63 bits per heavy atom. The van der Waals surface area contributed by atoms with Gasteiger partial charge in [0.2, 0.25) is 0 Å². The van der Waals surface area contributed by atoms with Crippen LogP contribution in [0.15, 0.2) is 36.4 Å². The quantitative estimate of drug-likeness (QED) is 0.587. The van der Waals surface area contributed by atoms with E-state index >= 15 is 0 Å². The number of halogens is 3. The number of benzene rings is 1. The topological polar surface area (TPSA) is 54.0 Å². The average molecular weight is 399 g/mol. The van der Waals surface area contributed by atoms with Gasteiger partial charge in [0.25, 0.3) is 0 Å². The molecule has 148 valence electrons. The Balaban J connectivity index is 2.31. The summed E-state index contributed by atoms with van der Waals surface area (Å²) in [6.45, 7) is 7.20. The first-order valence-electron chi connectivity index (χ1n) is 8.82. The van der Waals surface area contributed by atoms with Gasteiger partial charge in [0.05, 0.1) is 5.56 Å². The third kappa shape index (κ3) is 5.73. The lowest BCUT2D eigenvalue weighted by atomic mass is 10.1. The van der Waals surface area contributed by atoms with Crippen LogP contribution in [0.5, 0.6) is 0 Å². The van der Waals surface area contributed by atoms with Crippen molar-refractivity contribution < 1.29 is 17.7 Å². The lowest BCUT2D eigenvalue weighted by Crippen LogP contribution is -2.21. The van der Waals surface area contributed by atoms with E-state index in [1.54, 1.807) is 37.6 Å². The number of anilines is 3. The molecule has 0 atom stereocenters. The second-order valence-electron chi connectivity index (χ2n) is 6.77. The zero-order valence-electron chi connectivity index (χ0n) is 15.9. The van der Waals surface area contributed by atoms with E-state index in [2.05, 4.69) is 15.6 Å². The minimum absolute atomic E-state index is 0.0867. The predicted octanol–water partition coefficient (Wildman–Crippen LogP) is 5.69. The molecule has 0 spiro atoms. The van der Waals surface area contributed by atoms with Gasteiger partial charge in [-0.15, -0.1) is 0 Å². The number of hydrogen-bond acceptors (Lipinski definition) is 4. The molecule has 1 heterocycles. The van der Waals surface area contributed by atoms with Crippen LogP contribution in [0, 0.1) is 0 Å². The molecule has 1 aromatic heterocycles. The Morgan fingerprint density at radius 1 is 1.04 bits per heavy atom. The molecule has 0 amide bonds. The second kappa shape index (κ2) is 8.34. The smallest absolute Gasteiger partial charge is 0.367 e. The third-order valence-electron chi connectivity index (χ3n) is 4.29. The van der Waals surface area contributed by atoms with E-state index in [1.807, 2.05) is 13.8 Å². The lowest BCUT2D eigenvalue weighted by molar-refractivity contribution is -0.137. The number of nitrogens with one attached hydrogen (secondary N) is 2. The summed E-state index contributed by atoms with van der Waals surface area (Å²) in [5.41, 5.74) is -0.124. The first kappa shape index (κ1) is 21.3. The SMILES string of the molecule is CCC(CC)Nc1nc(Nc2ccc(P(C)(C)=O)cc2)ccc1C(F)(F)F. The Hall–Kier alpha value is -2.01. The maximum absolute atomic E-state index is 13.3. The van der Waals surface area contributed by atoms with Crippen LogP contribution >= 0.6 is 7.14 Å². The maximum atomic E-state index is 13.3. The van der Waals surface area contributed by atoms with Crippen molar-refractivity contribution in [2.24, 2.45) is 0 Å². The lowest BCUT2D eigenvalue weighted by Gasteiger charge is -2.20. The van der Waals surface area contributed by atoms with E-state index < -0.39 is 18.9 Å². The molecule has 0 saturated carbocycles. The fraction of sp³-hybridized carbons (Fsp3) is 0.421. The van der Waals surface area contributed by atoms with E-state index in [9.17, 15) is 17.7 Å². The van der Waals surface area contributed by atoms with E-state index in [0.717, 1.165) is 11.4 Å². The van der Waals surface area contributed by atoms with Gasteiger partial charge in [-0.05, 0) is 62.6 Å². The second-order valence-corrected chi connectivity index (χ2v) is 9.99. The highest BCUT2D eigenvalue weighted by Gasteiger charge is 2.35. The van der Waals surface area contributed by atoms with Gasteiger partial charge in [-0.2, -0.15) is 13.2 Å². The van der Waals surface area contributed by atoms with Gasteiger partial charge in [-0.25, -0.2) is 4.98 Å². The predicted molar refractivity (Wildman–Crippen MR) is 106 cm³/mol. The fourth-order valence-electron chi connectivity index (χ4n) is 2.61. The minimum Gasteiger partial charge on any atom is -0.367 e. The first-order chi connectivity index (χ1) is 12.5. The number of alkyl halides is 3. The molecule has 8 heteroatoms. The van der Waals surface area contributed by atoms with Gasteiger partial charge in [0.1, 0.15) is 18.8 Å². The van der Waals surface area contributed by atoms with E-state index in [0.29, 0.717) is 24.3 Å². The Bertz CT molecular complexity index is 812. The van der Waals surface area contributed by atoms with Gasteiger partial charge in [0.15, 0.2) is 0 Å². The summed E-state index contributed by atoms with van der Waals surface area (Å²) in [5.74, 6) is 0.129. The number of hydrogen-bond donors (Lipinski definition) is 2. The molecule has 0 saturated heterocycles. The molecular weight excluding hydrogens is 374 g/mol. The van der Waals surface area contributed by atoms with Crippen LogP contribution in [0.25, 0.3) is 0 Å². The molecule has 0 unspecified atom stereocenters. The summed E-state index contributed by atoms with van der Waals surface area (Å²) in [7, 11) is -2.35. The highest BCUT2D eigenvalue weighted by Crippen LogP contribution is 2.36. The average Bonchev–Trinajstić information content (AvgIpc) is 2.58. The van der Waals surface area contributed by atoms with Crippen LogP contribution in [0.3, 0.4) is 0 Å². The van der Waals surface area contributed by atoms with Crippen LogP contribution in [-0.2, 0) is 10.7 Å². The number of rotatable bonds is 7. The molecule has 0 fully saturated rings. The van der Waals surface area contributed by atoms with Gasteiger partial charge in [-0.1, -0.05) is 13.8 Å². The third-order valence-corrected chi connectivity index (χ3v) is 5.83. The van der Waals surface area contributed by atoms with Crippen molar-refractivity contribution >= 4 is 29.8 Å². The van der Waals surface area contributed by atoms with Crippen LogP contribution < -0.4 is 15.9 Å². The monoisotopic (exact) mass is 399 g/mol. The van der Waals surface area contributed by atoms with Crippen molar-refractivity contribution in [2.45, 2.75) is 38.9 Å². The van der Waals surface area contributed by atoms with Crippen LogP contribution in [-0.4, -0.2) is 24.4 Å². The normalized spacial score (nSPS) is 12.3. The summed E-state index contributed by atoms with van der Waals surface area (Å²) in [6.07, 6.45) is -3.09. The molecule has 2 rings (SSSR count). The maximum Gasteiger partial charge on any atom is 0.419 e. The number of nitrogens with zero attached hydrogens (tertiary/aromatic N) is 1. The molecule has 1 aromatic carbocycles. The van der Waals surface area contributed by atoms with Crippen molar-refractivity contribution in [1.82, 2.24) is 4.98 Å². The number of pyridine rings is 1. The summed E-state index contributed by atoms with van der Waals surface area (Å²) >= 11 is 0.